The van der Waals surface area contributed by atoms with E-state index in [0.717, 1.165) is 61.3 Å². The molecule has 1 aromatic heterocycles. The van der Waals surface area contributed by atoms with E-state index in [-0.39, 0.29) is 30.1 Å². The molecule has 170 valence electrons. The number of fused-ring (bicyclic) bond motifs is 1. The summed E-state index contributed by atoms with van der Waals surface area (Å²) in [6.45, 7) is 5.74. The molecule has 31 heavy (non-hydrogen) atoms. The van der Waals surface area contributed by atoms with Gasteiger partial charge in [0.05, 0.1) is 12.6 Å². The maximum atomic E-state index is 6.10. The number of nitrogens with one attached hydrogen (secondary N) is 2. The highest BCUT2D eigenvalue weighted by atomic mass is 127. The number of guanidine groups is 1. The second-order valence-corrected chi connectivity index (χ2v) is 7.98. The molecule has 9 heteroatoms. The van der Waals surface area contributed by atoms with Crippen molar-refractivity contribution in [1.29, 1.82) is 0 Å². The molecule has 0 aliphatic carbocycles. The molecule has 1 saturated heterocycles. The third-order valence-electron chi connectivity index (χ3n) is 5.69. The lowest BCUT2D eigenvalue weighted by atomic mass is 10.1. The average molecular weight is 540 g/mol. The number of halogens is 1. The zero-order chi connectivity index (χ0) is 20.8. The molecule has 8 nitrogen and oxygen atoms in total. The molecule has 0 bridgehead atoms. The Morgan fingerprint density at radius 3 is 2.90 bits per heavy atom. The number of ether oxygens (including phenoxy) is 2. The summed E-state index contributed by atoms with van der Waals surface area (Å²) >= 11 is 0. The van der Waals surface area contributed by atoms with Crippen LogP contribution in [0.15, 0.2) is 23.2 Å². The lowest BCUT2D eigenvalue weighted by Gasteiger charge is -2.18. The van der Waals surface area contributed by atoms with E-state index >= 15 is 0 Å². The van der Waals surface area contributed by atoms with Gasteiger partial charge in [-0.15, -0.1) is 34.2 Å². The second-order valence-electron chi connectivity index (χ2n) is 7.98. The van der Waals surface area contributed by atoms with Crippen LogP contribution in [0.2, 0.25) is 0 Å². The number of hydrogen-bond acceptors (Lipinski definition) is 5. The normalized spacial score (nSPS) is 18.3. The Hall–Kier alpha value is -1.88. The van der Waals surface area contributed by atoms with Crippen LogP contribution in [0, 0.1) is 6.92 Å². The minimum Gasteiger partial charge on any atom is -0.491 e. The van der Waals surface area contributed by atoms with E-state index in [0.29, 0.717) is 19.7 Å². The fraction of sp³-hybridized carbons (Fsp3) is 0.591. The average Bonchev–Trinajstić information content (AvgIpc) is 3.43. The van der Waals surface area contributed by atoms with Crippen molar-refractivity contribution in [3.8, 4) is 5.75 Å². The van der Waals surface area contributed by atoms with Gasteiger partial charge in [-0.3, -0.25) is 4.99 Å². The van der Waals surface area contributed by atoms with Crippen LogP contribution in [0.1, 0.15) is 48.5 Å². The third-order valence-corrected chi connectivity index (χ3v) is 5.69. The summed E-state index contributed by atoms with van der Waals surface area (Å²) < 4.78 is 14.0. The molecule has 4 rings (SSSR count). The molecule has 1 unspecified atom stereocenters. The Kier molecular flexibility index (Phi) is 8.94. The van der Waals surface area contributed by atoms with Crippen LogP contribution in [0.3, 0.4) is 0 Å². The number of aryl methyl sites for hydroxylation is 2. The molecular weight excluding hydrogens is 507 g/mol. The van der Waals surface area contributed by atoms with Gasteiger partial charge in [0, 0.05) is 38.7 Å². The minimum atomic E-state index is 0. The summed E-state index contributed by atoms with van der Waals surface area (Å²) in [6, 6.07) is 6.30. The van der Waals surface area contributed by atoms with Crippen molar-refractivity contribution in [1.82, 2.24) is 25.4 Å². The first-order valence-electron chi connectivity index (χ1n) is 10.9. The van der Waals surface area contributed by atoms with E-state index < -0.39 is 0 Å². The lowest BCUT2D eigenvalue weighted by molar-refractivity contribution is 0.0676. The Morgan fingerprint density at radius 2 is 2.10 bits per heavy atom. The largest absolute Gasteiger partial charge is 0.491 e. The van der Waals surface area contributed by atoms with E-state index in [1.54, 1.807) is 7.05 Å². The fourth-order valence-electron chi connectivity index (χ4n) is 3.96. The molecule has 2 aromatic rings. The van der Waals surface area contributed by atoms with Crippen molar-refractivity contribution in [2.24, 2.45) is 4.99 Å². The summed E-state index contributed by atoms with van der Waals surface area (Å²) in [6.07, 6.45) is 5.79. The standard InChI is InChI=1S/C22H32N6O2.HI/c1-16-8-9-17(19(12-16)30-15-18-6-5-11-29-18)13-24-22(23-2)25-14-21-27-26-20-7-3-4-10-28(20)21;/h8-9,12,18H,3-7,10-11,13-15H2,1-2H3,(H2,23,24,25);1H. The predicted molar refractivity (Wildman–Crippen MR) is 131 cm³/mol. The minimum absolute atomic E-state index is 0. The highest BCUT2D eigenvalue weighted by Crippen LogP contribution is 2.22. The number of nitrogens with zero attached hydrogens (tertiary/aromatic N) is 4. The van der Waals surface area contributed by atoms with Gasteiger partial charge in [-0.1, -0.05) is 12.1 Å². The summed E-state index contributed by atoms with van der Waals surface area (Å²) in [5.74, 6) is 3.69. The van der Waals surface area contributed by atoms with Gasteiger partial charge in [-0.25, -0.2) is 0 Å². The van der Waals surface area contributed by atoms with E-state index in [9.17, 15) is 0 Å². The van der Waals surface area contributed by atoms with Crippen molar-refractivity contribution in [2.75, 3.05) is 20.3 Å². The number of benzene rings is 1. The molecule has 2 aliphatic rings. The van der Waals surface area contributed by atoms with Crippen LogP contribution >= 0.6 is 24.0 Å². The van der Waals surface area contributed by atoms with E-state index in [1.807, 2.05) is 0 Å². The Labute approximate surface area is 201 Å². The molecule has 0 amide bonds. The molecule has 0 spiro atoms. The Bertz CT molecular complexity index is 879. The monoisotopic (exact) mass is 540 g/mol. The van der Waals surface area contributed by atoms with Gasteiger partial charge in [0.25, 0.3) is 0 Å². The summed E-state index contributed by atoms with van der Waals surface area (Å²) in [5.41, 5.74) is 2.28. The van der Waals surface area contributed by atoms with Crippen molar-refractivity contribution in [3.63, 3.8) is 0 Å². The molecule has 2 N–H and O–H groups in total. The van der Waals surface area contributed by atoms with Crippen LogP contribution < -0.4 is 15.4 Å². The summed E-state index contributed by atoms with van der Waals surface area (Å²) in [4.78, 5) is 4.35. The summed E-state index contributed by atoms with van der Waals surface area (Å²) in [7, 11) is 1.78. The van der Waals surface area contributed by atoms with Gasteiger partial charge in [-0.05, 0) is 44.2 Å². The molecule has 0 saturated carbocycles. The first-order valence-corrected chi connectivity index (χ1v) is 10.9. The highest BCUT2D eigenvalue weighted by Gasteiger charge is 2.18. The topological polar surface area (TPSA) is 85.6 Å². The molecule has 1 fully saturated rings. The van der Waals surface area contributed by atoms with Crippen molar-refractivity contribution in [3.05, 3.63) is 41.0 Å². The van der Waals surface area contributed by atoms with Gasteiger partial charge in [0.15, 0.2) is 11.8 Å². The third kappa shape index (κ3) is 6.31. The van der Waals surface area contributed by atoms with Crippen LogP contribution in [0.4, 0.5) is 0 Å². The van der Waals surface area contributed by atoms with Gasteiger partial charge in [-0.2, -0.15) is 0 Å². The molecule has 3 heterocycles. The lowest BCUT2D eigenvalue weighted by Crippen LogP contribution is -2.37. The predicted octanol–water partition coefficient (Wildman–Crippen LogP) is 2.96. The van der Waals surface area contributed by atoms with E-state index in [1.165, 1.54) is 18.4 Å². The van der Waals surface area contributed by atoms with Crippen LogP contribution in [-0.4, -0.2) is 47.1 Å². The number of aromatic nitrogens is 3. The van der Waals surface area contributed by atoms with Gasteiger partial charge < -0.3 is 24.7 Å². The Balaban J connectivity index is 0.00000272. The quantitative estimate of drug-likeness (QED) is 0.319. The van der Waals surface area contributed by atoms with Crippen molar-refractivity contribution >= 4 is 29.9 Å². The zero-order valence-corrected chi connectivity index (χ0v) is 20.7. The van der Waals surface area contributed by atoms with Crippen molar-refractivity contribution in [2.45, 2.75) is 64.8 Å². The second kappa shape index (κ2) is 11.7. The first-order chi connectivity index (χ1) is 14.7. The zero-order valence-electron chi connectivity index (χ0n) is 18.4. The van der Waals surface area contributed by atoms with Crippen molar-refractivity contribution < 1.29 is 9.47 Å². The summed E-state index contributed by atoms with van der Waals surface area (Å²) in [5, 5.41) is 15.4. The van der Waals surface area contributed by atoms with E-state index in [4.69, 9.17) is 9.47 Å². The van der Waals surface area contributed by atoms with Crippen LogP contribution in [-0.2, 0) is 30.8 Å². The first kappa shape index (κ1) is 23.8. The maximum Gasteiger partial charge on any atom is 0.191 e. The number of hydrogen-bond donors (Lipinski definition) is 2. The smallest absolute Gasteiger partial charge is 0.191 e. The SMILES string of the molecule is CN=C(NCc1ccc(C)cc1OCC1CCCO1)NCc1nnc2n1CCCC2.I. The maximum absolute atomic E-state index is 6.10. The van der Waals surface area contributed by atoms with E-state index in [2.05, 4.69) is 55.5 Å². The fourth-order valence-corrected chi connectivity index (χ4v) is 3.96. The molecule has 0 radical (unpaired) electrons. The molecule has 1 atom stereocenters. The molecule has 1 aromatic carbocycles. The van der Waals surface area contributed by atoms with Gasteiger partial charge in [0.2, 0.25) is 0 Å². The highest BCUT2D eigenvalue weighted by molar-refractivity contribution is 14.0. The Morgan fingerprint density at radius 1 is 1.23 bits per heavy atom. The van der Waals surface area contributed by atoms with Gasteiger partial charge >= 0.3 is 0 Å². The molecule has 2 aliphatic heterocycles. The van der Waals surface area contributed by atoms with Crippen LogP contribution in [0.25, 0.3) is 0 Å². The number of aliphatic imine (C=N–C) groups is 1. The van der Waals surface area contributed by atoms with Crippen LogP contribution in [0.5, 0.6) is 5.75 Å². The van der Waals surface area contributed by atoms with Gasteiger partial charge in [0.1, 0.15) is 18.2 Å². The molecular formula is C22H33IN6O2. The number of rotatable bonds is 7.